The van der Waals surface area contributed by atoms with Gasteiger partial charge < -0.3 is 14.8 Å². The predicted molar refractivity (Wildman–Crippen MR) is 119 cm³/mol. The van der Waals surface area contributed by atoms with Crippen molar-refractivity contribution in [1.82, 2.24) is 10.2 Å². The molecule has 2 aliphatic rings. The van der Waals surface area contributed by atoms with Crippen LogP contribution in [0.25, 0.3) is 11.1 Å². The van der Waals surface area contributed by atoms with Crippen LogP contribution in [0.2, 0.25) is 0 Å². The summed E-state index contributed by atoms with van der Waals surface area (Å²) in [5.41, 5.74) is 6.21. The molecule has 1 unspecified atom stereocenters. The van der Waals surface area contributed by atoms with E-state index < -0.39 is 6.09 Å². The molecular weight excluding hydrogens is 376 g/mol. The van der Waals surface area contributed by atoms with Crippen LogP contribution in [-0.4, -0.2) is 37.7 Å². The van der Waals surface area contributed by atoms with Crippen molar-refractivity contribution in [2.45, 2.75) is 52.0 Å². The van der Waals surface area contributed by atoms with Gasteiger partial charge in [-0.2, -0.15) is 0 Å². The van der Waals surface area contributed by atoms with Gasteiger partial charge in [-0.05, 0) is 60.5 Å². The van der Waals surface area contributed by atoms with Crippen molar-refractivity contribution in [3.8, 4) is 22.6 Å². The van der Waals surface area contributed by atoms with Crippen molar-refractivity contribution < 1.29 is 14.3 Å². The van der Waals surface area contributed by atoms with Gasteiger partial charge in [-0.3, -0.25) is 4.90 Å². The van der Waals surface area contributed by atoms with Gasteiger partial charge in [0.25, 0.3) is 0 Å². The van der Waals surface area contributed by atoms with Crippen LogP contribution in [0.1, 0.15) is 55.8 Å². The van der Waals surface area contributed by atoms with Crippen LogP contribution in [0, 0.1) is 0 Å². The molecule has 1 aliphatic carbocycles. The fourth-order valence-electron chi connectivity index (χ4n) is 4.87. The summed E-state index contributed by atoms with van der Waals surface area (Å²) in [5, 5.41) is 2.86. The summed E-state index contributed by atoms with van der Waals surface area (Å²) in [5.74, 6) is 1.13. The van der Waals surface area contributed by atoms with Crippen LogP contribution in [0.5, 0.6) is 11.5 Å². The van der Waals surface area contributed by atoms with Crippen LogP contribution in [0.15, 0.2) is 30.3 Å². The molecule has 160 valence electrons. The fraction of sp³-hybridized carbons (Fsp3) is 0.480. The lowest BCUT2D eigenvalue weighted by Gasteiger charge is -2.42. The Morgan fingerprint density at radius 1 is 1.17 bits per heavy atom. The van der Waals surface area contributed by atoms with E-state index in [4.69, 9.17) is 9.47 Å². The van der Waals surface area contributed by atoms with E-state index in [2.05, 4.69) is 48.3 Å². The van der Waals surface area contributed by atoms with Crippen LogP contribution in [0.4, 0.5) is 4.79 Å². The minimum Gasteiger partial charge on any atom is -0.493 e. The second-order valence-electron chi connectivity index (χ2n) is 8.19. The van der Waals surface area contributed by atoms with E-state index in [0.29, 0.717) is 24.1 Å². The first-order valence-electron chi connectivity index (χ1n) is 11.2. The molecule has 1 aliphatic heterocycles. The molecule has 2 aromatic carbocycles. The minimum atomic E-state index is -0.422. The number of amides is 1. The molecule has 1 heterocycles. The Labute approximate surface area is 179 Å². The lowest BCUT2D eigenvalue weighted by molar-refractivity contribution is 0.182. The first-order chi connectivity index (χ1) is 14.7. The van der Waals surface area contributed by atoms with Gasteiger partial charge in [0.15, 0.2) is 11.5 Å². The van der Waals surface area contributed by atoms with Crippen LogP contribution in [-0.2, 0) is 12.8 Å². The van der Waals surface area contributed by atoms with Gasteiger partial charge in [0.2, 0.25) is 0 Å². The van der Waals surface area contributed by atoms with E-state index in [-0.39, 0.29) is 0 Å². The van der Waals surface area contributed by atoms with Crippen LogP contribution in [0.3, 0.4) is 0 Å². The predicted octanol–water partition coefficient (Wildman–Crippen LogP) is 5.12. The van der Waals surface area contributed by atoms with Crippen molar-refractivity contribution in [3.63, 3.8) is 0 Å². The van der Waals surface area contributed by atoms with Crippen molar-refractivity contribution >= 4 is 6.09 Å². The third-order valence-corrected chi connectivity index (χ3v) is 6.25. The Morgan fingerprint density at radius 2 is 2.03 bits per heavy atom. The van der Waals surface area contributed by atoms with E-state index >= 15 is 0 Å². The van der Waals surface area contributed by atoms with Gasteiger partial charge >= 0.3 is 6.09 Å². The Morgan fingerprint density at radius 3 is 2.80 bits per heavy atom. The summed E-state index contributed by atoms with van der Waals surface area (Å²) in [7, 11) is 1.62. The molecule has 0 fully saturated rings. The number of nitrogens with zero attached hydrogens (tertiary/aromatic N) is 1. The molecule has 0 spiro atoms. The monoisotopic (exact) mass is 408 g/mol. The number of carbonyl (C=O) groups is 1. The number of carbonyl (C=O) groups excluding carboxylic acids is 1. The van der Waals surface area contributed by atoms with Crippen molar-refractivity contribution in [1.29, 1.82) is 0 Å². The highest BCUT2D eigenvalue weighted by Crippen LogP contribution is 2.51. The standard InChI is InChI=1S/C25H32N2O3/c1-4-6-13-26-25(28)30-24-21(29-3)11-10-18-16-20-22-17(12-15-27(20)14-5-2)8-7-9-19(22)23(18)24/h7-11,20H,4-6,12-16H2,1-3H3,(H,26,28). The molecule has 0 aromatic heterocycles. The molecule has 1 atom stereocenters. The summed E-state index contributed by atoms with van der Waals surface area (Å²) >= 11 is 0. The average Bonchev–Trinajstić information content (AvgIpc) is 2.76. The summed E-state index contributed by atoms with van der Waals surface area (Å²) in [6.07, 6.45) is 4.67. The molecule has 30 heavy (non-hydrogen) atoms. The molecular formula is C25H32N2O3. The second kappa shape index (κ2) is 9.09. The van der Waals surface area contributed by atoms with Crippen LogP contribution >= 0.6 is 0 Å². The van der Waals surface area contributed by atoms with Gasteiger partial charge in [0.05, 0.1) is 7.11 Å². The molecule has 5 nitrogen and oxygen atoms in total. The summed E-state index contributed by atoms with van der Waals surface area (Å²) in [6, 6.07) is 11.0. The van der Waals surface area contributed by atoms with Crippen molar-refractivity contribution in [2.75, 3.05) is 26.7 Å². The number of hydrogen-bond donors (Lipinski definition) is 1. The van der Waals surface area contributed by atoms with Gasteiger partial charge in [0, 0.05) is 24.7 Å². The molecule has 0 saturated carbocycles. The smallest absolute Gasteiger partial charge is 0.412 e. The van der Waals surface area contributed by atoms with Crippen molar-refractivity contribution in [2.24, 2.45) is 0 Å². The number of rotatable bonds is 7. The van der Waals surface area contributed by atoms with E-state index in [9.17, 15) is 4.79 Å². The van der Waals surface area contributed by atoms with E-state index in [1.807, 2.05) is 6.07 Å². The Bertz CT molecular complexity index is 925. The second-order valence-corrected chi connectivity index (χ2v) is 8.19. The highest BCUT2D eigenvalue weighted by atomic mass is 16.6. The average molecular weight is 409 g/mol. The lowest BCUT2D eigenvalue weighted by atomic mass is 9.76. The summed E-state index contributed by atoms with van der Waals surface area (Å²) in [4.78, 5) is 15.1. The summed E-state index contributed by atoms with van der Waals surface area (Å²) in [6.45, 7) is 7.16. The zero-order chi connectivity index (χ0) is 21.1. The topological polar surface area (TPSA) is 50.8 Å². The quantitative estimate of drug-likeness (QED) is 0.647. The first kappa shape index (κ1) is 20.7. The number of benzene rings is 2. The zero-order valence-corrected chi connectivity index (χ0v) is 18.3. The zero-order valence-electron chi connectivity index (χ0n) is 18.3. The minimum absolute atomic E-state index is 0.386. The van der Waals surface area contributed by atoms with Gasteiger partial charge in [-0.15, -0.1) is 0 Å². The third-order valence-electron chi connectivity index (χ3n) is 6.25. The Balaban J connectivity index is 1.77. The summed E-state index contributed by atoms with van der Waals surface area (Å²) < 4.78 is 11.4. The highest BCUT2D eigenvalue weighted by Gasteiger charge is 2.36. The van der Waals surface area contributed by atoms with Gasteiger partial charge in [-0.25, -0.2) is 4.79 Å². The molecule has 4 rings (SSSR count). The SMILES string of the molecule is CCCCNC(=O)Oc1c(OC)ccc2c1-c1cccc3c1C(C2)N(CCC)CC3. The molecule has 1 N–H and O–H groups in total. The van der Waals surface area contributed by atoms with E-state index in [0.717, 1.165) is 50.8 Å². The normalized spacial score (nSPS) is 17.1. The lowest BCUT2D eigenvalue weighted by Crippen LogP contribution is -2.39. The maximum Gasteiger partial charge on any atom is 0.412 e. The third kappa shape index (κ3) is 3.79. The first-order valence-corrected chi connectivity index (χ1v) is 11.2. The Hall–Kier alpha value is -2.53. The number of ether oxygens (including phenoxy) is 2. The molecule has 0 bridgehead atoms. The highest BCUT2D eigenvalue weighted by molar-refractivity contribution is 5.85. The maximum absolute atomic E-state index is 12.5. The number of methoxy groups -OCH3 is 1. The molecule has 0 radical (unpaired) electrons. The molecule has 0 saturated heterocycles. The van der Waals surface area contributed by atoms with Crippen LogP contribution < -0.4 is 14.8 Å². The largest absolute Gasteiger partial charge is 0.493 e. The Kier molecular flexibility index (Phi) is 6.28. The van der Waals surface area contributed by atoms with Gasteiger partial charge in [-0.1, -0.05) is 44.5 Å². The number of hydrogen-bond acceptors (Lipinski definition) is 4. The molecule has 1 amide bonds. The van der Waals surface area contributed by atoms with Gasteiger partial charge in [0.1, 0.15) is 0 Å². The maximum atomic E-state index is 12.5. The number of fused-ring (bicyclic) bond motifs is 2. The van der Waals surface area contributed by atoms with Crippen molar-refractivity contribution in [3.05, 3.63) is 47.0 Å². The van der Waals surface area contributed by atoms with E-state index in [1.54, 1.807) is 7.11 Å². The molecule has 5 heteroatoms. The molecule has 2 aromatic rings. The fourth-order valence-corrected chi connectivity index (χ4v) is 4.87. The van der Waals surface area contributed by atoms with E-state index in [1.165, 1.54) is 22.3 Å². The number of nitrogens with one attached hydrogen (secondary N) is 1. The number of unbranched alkanes of at least 4 members (excludes halogenated alkanes) is 1.